The summed E-state index contributed by atoms with van der Waals surface area (Å²) in [5.74, 6) is 0.247. The molecule has 1 amide bonds. The molecule has 0 unspecified atom stereocenters. The van der Waals surface area contributed by atoms with Gasteiger partial charge in [-0.05, 0) is 53.3 Å². The van der Waals surface area contributed by atoms with E-state index in [4.69, 9.17) is 0 Å². The molecule has 27 heavy (non-hydrogen) atoms. The fraction of sp³-hybridized carbons (Fsp3) is 0.522. The fourth-order valence-electron chi connectivity index (χ4n) is 3.70. The first-order valence-electron chi connectivity index (χ1n) is 10.1. The van der Waals surface area contributed by atoms with Crippen molar-refractivity contribution >= 4 is 17.2 Å². The maximum atomic E-state index is 13.1. The fourth-order valence-corrected chi connectivity index (χ4v) is 4.60. The second kappa shape index (κ2) is 8.15. The maximum Gasteiger partial charge on any atom is 0.278 e. The summed E-state index contributed by atoms with van der Waals surface area (Å²) < 4.78 is 0. The van der Waals surface area contributed by atoms with Crippen LogP contribution in [0.3, 0.4) is 0 Å². The van der Waals surface area contributed by atoms with E-state index >= 15 is 0 Å². The first kappa shape index (κ1) is 20.1. The molecule has 2 aromatic rings. The zero-order chi connectivity index (χ0) is 19.6. The number of carbonyl (C=O) groups excluding carboxylic acids is 1. The Kier molecular flexibility index (Phi) is 6.07. The molecule has 1 aliphatic heterocycles. The van der Waals surface area contributed by atoms with Crippen LogP contribution in [-0.4, -0.2) is 29.9 Å². The van der Waals surface area contributed by atoms with Crippen molar-refractivity contribution in [3.63, 3.8) is 0 Å². The molecule has 3 rings (SSSR count). The molecule has 0 aliphatic carbocycles. The first-order valence-corrected chi connectivity index (χ1v) is 11.0. The minimum atomic E-state index is 0.0480. The molecule has 0 spiro atoms. The van der Waals surface area contributed by atoms with E-state index in [1.807, 2.05) is 11.3 Å². The largest absolute Gasteiger partial charge is 0.336 e. The second-order valence-corrected chi connectivity index (χ2v) is 9.74. The summed E-state index contributed by atoms with van der Waals surface area (Å²) in [6.45, 7) is 12.4. The van der Waals surface area contributed by atoms with E-state index < -0.39 is 0 Å². The lowest BCUT2D eigenvalue weighted by Crippen LogP contribution is -2.91. The molecule has 0 radical (unpaired) electrons. The predicted octanol–water partition coefficient (Wildman–Crippen LogP) is 3.88. The van der Waals surface area contributed by atoms with Crippen LogP contribution in [0.15, 0.2) is 35.7 Å². The van der Waals surface area contributed by atoms with Gasteiger partial charge in [-0.25, -0.2) is 0 Å². The zero-order valence-corrected chi connectivity index (χ0v) is 18.1. The number of nitrogens with zero attached hydrogens (tertiary/aromatic N) is 1. The van der Waals surface area contributed by atoms with Crippen molar-refractivity contribution in [1.82, 2.24) is 4.90 Å². The highest BCUT2D eigenvalue weighted by Gasteiger charge is 2.33. The Bertz CT molecular complexity index is 772. The number of thiophene rings is 1. The van der Waals surface area contributed by atoms with Crippen molar-refractivity contribution in [2.24, 2.45) is 0 Å². The van der Waals surface area contributed by atoms with Crippen molar-refractivity contribution in [3.8, 4) is 0 Å². The van der Waals surface area contributed by atoms with Crippen molar-refractivity contribution in [3.05, 3.63) is 57.3 Å². The van der Waals surface area contributed by atoms with Gasteiger partial charge in [-0.15, -0.1) is 11.3 Å². The maximum absolute atomic E-state index is 13.1. The van der Waals surface area contributed by atoms with Gasteiger partial charge in [-0.2, -0.15) is 0 Å². The molecule has 0 bridgehead atoms. The SMILES string of the molecule is CC[C@H](C)[NH2+]CC(=O)N1CCc2sccc2[C@@H]1c1ccc(C(C)(C)C)cc1. The molecule has 2 N–H and O–H groups in total. The minimum absolute atomic E-state index is 0.0480. The molecule has 2 atom stereocenters. The molecule has 3 nitrogen and oxygen atoms in total. The first-order chi connectivity index (χ1) is 12.8. The van der Waals surface area contributed by atoms with E-state index in [1.165, 1.54) is 21.6 Å². The molecule has 0 fully saturated rings. The summed E-state index contributed by atoms with van der Waals surface area (Å²) in [6.07, 6.45) is 2.05. The van der Waals surface area contributed by atoms with Gasteiger partial charge in [0, 0.05) is 11.4 Å². The van der Waals surface area contributed by atoms with Crippen molar-refractivity contribution in [2.75, 3.05) is 13.1 Å². The van der Waals surface area contributed by atoms with E-state index in [2.05, 4.69) is 80.5 Å². The van der Waals surface area contributed by atoms with E-state index in [1.54, 1.807) is 0 Å². The van der Waals surface area contributed by atoms with Crippen LogP contribution in [0.2, 0.25) is 0 Å². The van der Waals surface area contributed by atoms with Crippen molar-refractivity contribution in [2.45, 2.75) is 65.0 Å². The van der Waals surface area contributed by atoms with Gasteiger partial charge in [0.2, 0.25) is 0 Å². The molecule has 1 aromatic carbocycles. The molecule has 2 heterocycles. The predicted molar refractivity (Wildman–Crippen MR) is 113 cm³/mol. The summed E-state index contributed by atoms with van der Waals surface area (Å²) in [4.78, 5) is 16.6. The van der Waals surface area contributed by atoms with Crippen LogP contribution in [0.25, 0.3) is 0 Å². The van der Waals surface area contributed by atoms with Gasteiger partial charge in [0.15, 0.2) is 6.54 Å². The third kappa shape index (κ3) is 4.44. The summed E-state index contributed by atoms with van der Waals surface area (Å²) in [7, 11) is 0. The topological polar surface area (TPSA) is 36.9 Å². The minimum Gasteiger partial charge on any atom is -0.336 e. The summed E-state index contributed by atoms with van der Waals surface area (Å²) >= 11 is 1.82. The zero-order valence-electron chi connectivity index (χ0n) is 17.3. The molecule has 1 aromatic heterocycles. The Hall–Kier alpha value is -1.65. The number of hydrogen-bond acceptors (Lipinski definition) is 2. The monoisotopic (exact) mass is 385 g/mol. The summed E-state index contributed by atoms with van der Waals surface area (Å²) in [5, 5.41) is 4.34. The van der Waals surface area contributed by atoms with Crippen LogP contribution >= 0.6 is 11.3 Å². The van der Waals surface area contributed by atoms with Crippen LogP contribution in [-0.2, 0) is 16.6 Å². The number of nitrogens with two attached hydrogens (primary N) is 1. The van der Waals surface area contributed by atoms with Gasteiger partial charge in [0.25, 0.3) is 5.91 Å². The molecule has 0 saturated heterocycles. The average molecular weight is 386 g/mol. The van der Waals surface area contributed by atoms with Crippen LogP contribution in [0.5, 0.6) is 0 Å². The number of carbonyl (C=O) groups is 1. The highest BCUT2D eigenvalue weighted by atomic mass is 32.1. The lowest BCUT2D eigenvalue weighted by molar-refractivity contribution is -0.676. The number of rotatable bonds is 5. The van der Waals surface area contributed by atoms with Crippen LogP contribution in [0, 0.1) is 0 Å². The molecular weight excluding hydrogens is 352 g/mol. The van der Waals surface area contributed by atoms with Gasteiger partial charge in [0.05, 0.1) is 12.1 Å². The molecule has 4 heteroatoms. The third-order valence-electron chi connectivity index (χ3n) is 5.72. The lowest BCUT2D eigenvalue weighted by atomic mass is 9.85. The summed E-state index contributed by atoms with van der Waals surface area (Å²) in [5.41, 5.74) is 4.00. The Morgan fingerprint density at radius 2 is 1.96 bits per heavy atom. The quantitative estimate of drug-likeness (QED) is 0.833. The molecule has 1 aliphatic rings. The summed E-state index contributed by atoms with van der Waals surface area (Å²) in [6, 6.07) is 11.6. The lowest BCUT2D eigenvalue weighted by Gasteiger charge is -2.36. The Morgan fingerprint density at radius 3 is 2.59 bits per heavy atom. The van der Waals surface area contributed by atoms with Gasteiger partial charge in [0.1, 0.15) is 0 Å². The van der Waals surface area contributed by atoms with E-state index in [0.717, 1.165) is 19.4 Å². The third-order valence-corrected chi connectivity index (χ3v) is 6.71. The number of amides is 1. The van der Waals surface area contributed by atoms with Gasteiger partial charge in [-0.1, -0.05) is 52.0 Å². The van der Waals surface area contributed by atoms with Crippen LogP contribution in [0.1, 0.15) is 68.6 Å². The molecule has 0 saturated carbocycles. The molecular formula is C23H33N2OS+. The van der Waals surface area contributed by atoms with Crippen molar-refractivity contribution < 1.29 is 10.1 Å². The second-order valence-electron chi connectivity index (χ2n) is 8.74. The Labute approximate surface area is 167 Å². The van der Waals surface area contributed by atoms with E-state index in [-0.39, 0.29) is 17.4 Å². The van der Waals surface area contributed by atoms with E-state index in [9.17, 15) is 4.79 Å². The Balaban J connectivity index is 1.89. The average Bonchev–Trinajstić information content (AvgIpc) is 3.13. The van der Waals surface area contributed by atoms with Gasteiger partial charge in [-0.3, -0.25) is 4.79 Å². The number of hydrogen-bond donors (Lipinski definition) is 1. The van der Waals surface area contributed by atoms with E-state index in [0.29, 0.717) is 12.6 Å². The highest BCUT2D eigenvalue weighted by Crippen LogP contribution is 2.38. The highest BCUT2D eigenvalue weighted by molar-refractivity contribution is 7.10. The van der Waals surface area contributed by atoms with Crippen LogP contribution < -0.4 is 5.32 Å². The number of benzene rings is 1. The molecule has 146 valence electrons. The normalized spacial score (nSPS) is 18.3. The smallest absolute Gasteiger partial charge is 0.278 e. The van der Waals surface area contributed by atoms with Gasteiger partial charge < -0.3 is 10.2 Å². The van der Waals surface area contributed by atoms with Gasteiger partial charge >= 0.3 is 0 Å². The number of fused-ring (bicyclic) bond motifs is 1. The number of quaternary nitrogens is 1. The van der Waals surface area contributed by atoms with Crippen molar-refractivity contribution in [1.29, 1.82) is 0 Å². The Morgan fingerprint density at radius 1 is 1.26 bits per heavy atom. The standard InChI is InChI=1S/C23H32N2OS/c1-6-16(2)24-15-21(26)25-13-11-20-19(12-14-27-20)22(25)17-7-9-18(10-8-17)23(3,4)5/h7-10,12,14,16,22,24H,6,11,13,15H2,1-5H3/p+1/t16-,22-/m0/s1. The van der Waals surface area contributed by atoms with Crippen LogP contribution in [0.4, 0.5) is 0 Å².